The maximum Gasteiger partial charge on any atom is 0.308 e. The van der Waals surface area contributed by atoms with E-state index in [2.05, 4.69) is 10.3 Å². The second-order valence-electron chi connectivity index (χ2n) is 6.82. The Morgan fingerprint density at radius 2 is 2.07 bits per heavy atom. The van der Waals surface area contributed by atoms with Crippen molar-refractivity contribution in [3.63, 3.8) is 0 Å². The highest BCUT2D eigenvalue weighted by Gasteiger charge is 2.26. The van der Waals surface area contributed by atoms with Crippen LogP contribution in [0.5, 0.6) is 0 Å². The summed E-state index contributed by atoms with van der Waals surface area (Å²) in [6.45, 7) is 8.87. The first-order valence-corrected chi connectivity index (χ1v) is 9.44. The Hall–Kier alpha value is -2.74. The molecule has 0 radical (unpaired) electrons. The van der Waals surface area contributed by atoms with Crippen LogP contribution in [0, 0.1) is 19.8 Å². The molecule has 0 aliphatic rings. The predicted octanol–water partition coefficient (Wildman–Crippen LogP) is 2.47. The number of carbonyl (C=O) groups is 2. The highest BCUT2D eigenvalue weighted by molar-refractivity contribution is 5.93. The number of carboxylic acids is 1. The standard InChI is InChI=1S/C20H28N4O4/c1-5-28-11-7-10-23(13-15(3)20(26)27)19(25)18-16(4)24(22-21-18)17-9-6-8-14(2)12-17/h6,8-9,12,15H,5,7,10-11,13H2,1-4H3,(H,26,27). The number of carboxylic acid groups (broad SMARTS) is 1. The largest absolute Gasteiger partial charge is 0.481 e. The van der Waals surface area contributed by atoms with Crippen LogP contribution in [-0.2, 0) is 9.53 Å². The molecule has 1 atom stereocenters. The lowest BCUT2D eigenvalue weighted by molar-refractivity contribution is -0.141. The van der Waals surface area contributed by atoms with Crippen molar-refractivity contribution in [3.8, 4) is 5.69 Å². The summed E-state index contributed by atoms with van der Waals surface area (Å²) < 4.78 is 6.96. The lowest BCUT2D eigenvalue weighted by atomic mass is 10.1. The van der Waals surface area contributed by atoms with Gasteiger partial charge in [-0.15, -0.1) is 5.10 Å². The van der Waals surface area contributed by atoms with Gasteiger partial charge >= 0.3 is 5.97 Å². The van der Waals surface area contributed by atoms with Gasteiger partial charge in [0.05, 0.1) is 17.3 Å². The van der Waals surface area contributed by atoms with E-state index in [4.69, 9.17) is 4.74 Å². The normalized spacial score (nSPS) is 12.0. The van der Waals surface area contributed by atoms with Gasteiger partial charge in [-0.1, -0.05) is 24.3 Å². The van der Waals surface area contributed by atoms with Gasteiger partial charge in [0, 0.05) is 26.3 Å². The molecule has 1 amide bonds. The first-order chi connectivity index (χ1) is 13.3. The van der Waals surface area contributed by atoms with Crippen LogP contribution in [0.4, 0.5) is 0 Å². The molecule has 0 spiro atoms. The predicted molar refractivity (Wildman–Crippen MR) is 105 cm³/mol. The smallest absolute Gasteiger partial charge is 0.308 e. The number of aryl methyl sites for hydroxylation is 1. The van der Waals surface area contributed by atoms with Crippen LogP contribution in [-0.4, -0.2) is 63.2 Å². The average Bonchev–Trinajstić information content (AvgIpc) is 3.04. The Kier molecular flexibility index (Phi) is 7.69. The van der Waals surface area contributed by atoms with Crippen molar-refractivity contribution in [1.29, 1.82) is 0 Å². The number of ether oxygens (including phenoxy) is 1. The van der Waals surface area contributed by atoms with Crippen LogP contribution < -0.4 is 0 Å². The molecule has 2 aromatic rings. The summed E-state index contributed by atoms with van der Waals surface area (Å²) in [5.41, 5.74) is 2.75. The molecule has 1 N–H and O–H groups in total. The number of amides is 1. The van der Waals surface area contributed by atoms with Crippen LogP contribution in [0.25, 0.3) is 5.69 Å². The molecule has 0 fully saturated rings. The first kappa shape index (κ1) is 21.6. The average molecular weight is 388 g/mol. The molecule has 2 rings (SSSR count). The zero-order valence-corrected chi connectivity index (χ0v) is 16.9. The van der Waals surface area contributed by atoms with Crippen molar-refractivity contribution >= 4 is 11.9 Å². The fraction of sp³-hybridized carbons (Fsp3) is 0.500. The SMILES string of the molecule is CCOCCCN(CC(C)C(=O)O)C(=O)c1nnn(-c2cccc(C)c2)c1C. The third kappa shape index (κ3) is 5.39. The Morgan fingerprint density at radius 1 is 1.32 bits per heavy atom. The van der Waals surface area contributed by atoms with Crippen molar-refractivity contribution in [2.45, 2.75) is 34.1 Å². The van der Waals surface area contributed by atoms with Gasteiger partial charge in [-0.2, -0.15) is 0 Å². The lowest BCUT2D eigenvalue weighted by Gasteiger charge is -2.24. The second-order valence-corrected chi connectivity index (χ2v) is 6.82. The van der Waals surface area contributed by atoms with Gasteiger partial charge in [0.1, 0.15) is 0 Å². The molecule has 28 heavy (non-hydrogen) atoms. The fourth-order valence-corrected chi connectivity index (χ4v) is 2.87. The zero-order chi connectivity index (χ0) is 20.7. The number of nitrogens with zero attached hydrogens (tertiary/aromatic N) is 4. The van der Waals surface area contributed by atoms with E-state index in [1.54, 1.807) is 18.5 Å². The third-order valence-electron chi connectivity index (χ3n) is 4.47. The quantitative estimate of drug-likeness (QED) is 0.628. The number of aliphatic carboxylic acids is 1. The van der Waals surface area contributed by atoms with Crippen LogP contribution >= 0.6 is 0 Å². The molecule has 1 aromatic carbocycles. The maximum absolute atomic E-state index is 13.1. The number of hydrogen-bond donors (Lipinski definition) is 1. The number of aromatic nitrogens is 3. The molecule has 1 heterocycles. The molecule has 0 bridgehead atoms. The molecular weight excluding hydrogens is 360 g/mol. The van der Waals surface area contributed by atoms with Gasteiger partial charge in [-0.05, 0) is 44.9 Å². The van der Waals surface area contributed by atoms with Crippen molar-refractivity contribution in [2.24, 2.45) is 5.92 Å². The third-order valence-corrected chi connectivity index (χ3v) is 4.47. The summed E-state index contributed by atoms with van der Waals surface area (Å²) in [6.07, 6.45) is 0.622. The van der Waals surface area contributed by atoms with E-state index in [0.717, 1.165) is 11.3 Å². The van der Waals surface area contributed by atoms with E-state index >= 15 is 0 Å². The Bertz CT molecular complexity index is 818. The van der Waals surface area contributed by atoms with E-state index in [1.165, 1.54) is 4.90 Å². The molecule has 0 aliphatic carbocycles. The van der Waals surface area contributed by atoms with Crippen molar-refractivity contribution in [3.05, 3.63) is 41.2 Å². The summed E-state index contributed by atoms with van der Waals surface area (Å²) in [4.78, 5) is 25.9. The van der Waals surface area contributed by atoms with Gasteiger partial charge in [0.15, 0.2) is 5.69 Å². The van der Waals surface area contributed by atoms with Gasteiger partial charge < -0.3 is 14.7 Å². The minimum atomic E-state index is -0.942. The fourth-order valence-electron chi connectivity index (χ4n) is 2.87. The summed E-state index contributed by atoms with van der Waals surface area (Å²) in [5.74, 6) is -1.94. The summed E-state index contributed by atoms with van der Waals surface area (Å²) in [5, 5.41) is 17.4. The van der Waals surface area contributed by atoms with Crippen LogP contribution in [0.1, 0.15) is 42.0 Å². The first-order valence-electron chi connectivity index (χ1n) is 9.44. The number of benzene rings is 1. The van der Waals surface area contributed by atoms with Crippen LogP contribution in [0.2, 0.25) is 0 Å². The van der Waals surface area contributed by atoms with E-state index in [-0.39, 0.29) is 18.1 Å². The molecule has 1 unspecified atom stereocenters. The van der Waals surface area contributed by atoms with Crippen molar-refractivity contribution < 1.29 is 19.4 Å². The number of carbonyl (C=O) groups excluding carboxylic acids is 1. The number of rotatable bonds is 10. The summed E-state index contributed by atoms with van der Waals surface area (Å²) in [6, 6.07) is 7.76. The van der Waals surface area contributed by atoms with Crippen molar-refractivity contribution in [1.82, 2.24) is 19.9 Å². The minimum Gasteiger partial charge on any atom is -0.481 e. The van der Waals surface area contributed by atoms with Gasteiger partial charge in [-0.25, -0.2) is 4.68 Å². The van der Waals surface area contributed by atoms with Crippen LogP contribution in [0.3, 0.4) is 0 Å². The lowest BCUT2D eigenvalue weighted by Crippen LogP contribution is -2.38. The zero-order valence-electron chi connectivity index (χ0n) is 16.9. The molecule has 1 aromatic heterocycles. The second kappa shape index (κ2) is 9.98. The Labute approximate surface area is 165 Å². The summed E-state index contributed by atoms with van der Waals surface area (Å²) >= 11 is 0. The summed E-state index contributed by atoms with van der Waals surface area (Å²) in [7, 11) is 0. The van der Waals surface area contributed by atoms with Crippen LogP contribution in [0.15, 0.2) is 24.3 Å². The molecule has 8 heteroatoms. The van der Waals surface area contributed by atoms with E-state index in [1.807, 2.05) is 38.1 Å². The van der Waals surface area contributed by atoms with Gasteiger partial charge in [0.2, 0.25) is 0 Å². The topological polar surface area (TPSA) is 97.6 Å². The van der Waals surface area contributed by atoms with Crippen molar-refractivity contribution in [2.75, 3.05) is 26.3 Å². The van der Waals surface area contributed by atoms with E-state index in [9.17, 15) is 14.7 Å². The number of hydrogen-bond acceptors (Lipinski definition) is 5. The molecule has 8 nitrogen and oxygen atoms in total. The Balaban J connectivity index is 2.23. The van der Waals surface area contributed by atoms with E-state index in [0.29, 0.717) is 31.9 Å². The molecule has 0 aliphatic heterocycles. The Morgan fingerprint density at radius 3 is 2.71 bits per heavy atom. The molecule has 0 saturated carbocycles. The molecular formula is C20H28N4O4. The van der Waals surface area contributed by atoms with Gasteiger partial charge in [-0.3, -0.25) is 9.59 Å². The van der Waals surface area contributed by atoms with Gasteiger partial charge in [0.25, 0.3) is 5.91 Å². The monoisotopic (exact) mass is 388 g/mol. The highest BCUT2D eigenvalue weighted by Crippen LogP contribution is 2.16. The molecule has 152 valence electrons. The maximum atomic E-state index is 13.1. The molecule has 0 saturated heterocycles. The minimum absolute atomic E-state index is 0.108. The van der Waals surface area contributed by atoms with E-state index < -0.39 is 11.9 Å². The highest BCUT2D eigenvalue weighted by atomic mass is 16.5.